The van der Waals surface area contributed by atoms with Gasteiger partial charge in [0, 0.05) is 19.6 Å². The number of morpholine rings is 1. The summed E-state index contributed by atoms with van der Waals surface area (Å²) in [5.74, 6) is -0.466. The first-order valence-electron chi connectivity index (χ1n) is 9.67. The molecular weight excluding hydrogens is 370 g/mol. The molecule has 7 nitrogen and oxygen atoms in total. The number of carbonyl (C=O) groups is 1. The zero-order valence-electron chi connectivity index (χ0n) is 16.1. The number of para-hydroxylation sites is 2. The van der Waals surface area contributed by atoms with Crippen molar-refractivity contribution in [2.45, 2.75) is 19.2 Å². The predicted molar refractivity (Wildman–Crippen MR) is 108 cm³/mol. The van der Waals surface area contributed by atoms with Crippen LogP contribution in [-0.4, -0.2) is 52.8 Å². The molecule has 1 aliphatic heterocycles. The van der Waals surface area contributed by atoms with Gasteiger partial charge in [0.2, 0.25) is 0 Å². The largest absolute Gasteiger partial charge is 0.462 e. The molecule has 0 spiro atoms. The first kappa shape index (κ1) is 19.3. The summed E-state index contributed by atoms with van der Waals surface area (Å²) in [5.41, 5.74) is 2.18. The molecule has 0 bridgehead atoms. The highest BCUT2D eigenvalue weighted by molar-refractivity contribution is 5.77. The fraction of sp³-hybridized carbons (Fsp3) is 0.318. The molecule has 0 N–H and O–H groups in total. The Morgan fingerprint density at radius 1 is 1.14 bits per heavy atom. The minimum Gasteiger partial charge on any atom is -0.462 e. The molecule has 1 atom stereocenters. The lowest BCUT2D eigenvalue weighted by Crippen LogP contribution is -2.44. The highest BCUT2D eigenvalue weighted by Gasteiger charge is 2.22. The summed E-state index contributed by atoms with van der Waals surface area (Å²) < 4.78 is 12.5. The number of aromatic nitrogens is 2. The van der Waals surface area contributed by atoms with Crippen LogP contribution in [0.5, 0.6) is 0 Å². The molecule has 3 aromatic rings. The lowest BCUT2D eigenvalue weighted by atomic mass is 10.2. The van der Waals surface area contributed by atoms with Crippen molar-refractivity contribution in [3.8, 4) is 0 Å². The number of hydrogen-bond donors (Lipinski definition) is 0. The van der Waals surface area contributed by atoms with E-state index in [4.69, 9.17) is 9.47 Å². The van der Waals surface area contributed by atoms with Gasteiger partial charge in [-0.3, -0.25) is 19.1 Å². The zero-order valence-corrected chi connectivity index (χ0v) is 16.1. The molecule has 2 aromatic carbocycles. The number of nitrogens with zero attached hydrogens (tertiary/aromatic N) is 3. The second kappa shape index (κ2) is 8.98. The highest BCUT2D eigenvalue weighted by Crippen LogP contribution is 2.12. The van der Waals surface area contributed by atoms with Crippen molar-refractivity contribution in [3.63, 3.8) is 0 Å². The van der Waals surface area contributed by atoms with Crippen LogP contribution < -0.4 is 5.56 Å². The molecule has 0 amide bonds. The van der Waals surface area contributed by atoms with E-state index in [1.807, 2.05) is 30.3 Å². The van der Waals surface area contributed by atoms with Gasteiger partial charge in [-0.15, -0.1) is 0 Å². The molecule has 1 fully saturated rings. The zero-order chi connectivity index (χ0) is 20.1. The summed E-state index contributed by atoms with van der Waals surface area (Å²) in [6.07, 6.45) is 1.05. The van der Waals surface area contributed by atoms with Gasteiger partial charge in [-0.25, -0.2) is 4.98 Å². The Morgan fingerprint density at radius 2 is 1.93 bits per heavy atom. The van der Waals surface area contributed by atoms with E-state index in [-0.39, 0.29) is 24.8 Å². The second-order valence-corrected chi connectivity index (χ2v) is 7.07. The lowest BCUT2D eigenvalue weighted by molar-refractivity contribution is -0.151. The van der Waals surface area contributed by atoms with Crippen LogP contribution in [0, 0.1) is 0 Å². The first-order valence-corrected chi connectivity index (χ1v) is 9.67. The van der Waals surface area contributed by atoms with Crippen molar-refractivity contribution in [2.75, 3.05) is 26.3 Å². The number of esters is 1. The standard InChI is InChI=1S/C22H23N3O4/c26-21-12-23-19-8-4-5-9-20(19)25(21)15-22(27)29-16-18-14-24(10-11-28-18)13-17-6-2-1-3-7-17/h1-9,12,18H,10-11,13-16H2. The molecule has 1 unspecified atom stereocenters. The first-order chi connectivity index (χ1) is 14.2. The van der Waals surface area contributed by atoms with E-state index in [0.29, 0.717) is 24.2 Å². The Labute approximate surface area is 168 Å². The Balaban J connectivity index is 1.33. The summed E-state index contributed by atoms with van der Waals surface area (Å²) in [6.45, 7) is 3.00. The molecule has 4 rings (SSSR count). The van der Waals surface area contributed by atoms with Gasteiger partial charge in [-0.05, 0) is 17.7 Å². The molecule has 0 saturated carbocycles. The summed E-state index contributed by atoms with van der Waals surface area (Å²) in [4.78, 5) is 30.9. The van der Waals surface area contributed by atoms with Crippen LogP contribution in [0.3, 0.4) is 0 Å². The van der Waals surface area contributed by atoms with Crippen molar-refractivity contribution < 1.29 is 14.3 Å². The van der Waals surface area contributed by atoms with Gasteiger partial charge in [0.15, 0.2) is 0 Å². The molecule has 1 aliphatic rings. The quantitative estimate of drug-likeness (QED) is 0.595. The number of ether oxygens (including phenoxy) is 2. The van der Waals surface area contributed by atoms with E-state index in [0.717, 1.165) is 13.1 Å². The summed E-state index contributed by atoms with van der Waals surface area (Å²) in [7, 11) is 0. The molecule has 1 saturated heterocycles. The molecule has 29 heavy (non-hydrogen) atoms. The molecule has 0 aliphatic carbocycles. The van der Waals surface area contributed by atoms with Gasteiger partial charge in [0.1, 0.15) is 19.3 Å². The highest BCUT2D eigenvalue weighted by atomic mass is 16.6. The Hall–Kier alpha value is -3.03. The van der Waals surface area contributed by atoms with E-state index in [1.54, 1.807) is 12.1 Å². The third-order valence-corrected chi connectivity index (χ3v) is 4.94. The maximum atomic E-state index is 12.4. The molecule has 150 valence electrons. The maximum absolute atomic E-state index is 12.4. The van der Waals surface area contributed by atoms with E-state index in [9.17, 15) is 9.59 Å². The minimum atomic E-state index is -0.466. The lowest BCUT2D eigenvalue weighted by Gasteiger charge is -2.32. The fourth-order valence-corrected chi connectivity index (χ4v) is 3.50. The second-order valence-electron chi connectivity index (χ2n) is 7.07. The van der Waals surface area contributed by atoms with Crippen molar-refractivity contribution in [1.29, 1.82) is 0 Å². The van der Waals surface area contributed by atoms with Crippen LogP contribution in [0.2, 0.25) is 0 Å². The Kier molecular flexibility index (Phi) is 5.97. The van der Waals surface area contributed by atoms with Crippen LogP contribution in [-0.2, 0) is 27.4 Å². The van der Waals surface area contributed by atoms with Crippen LogP contribution >= 0.6 is 0 Å². The van der Waals surface area contributed by atoms with Crippen LogP contribution in [0.4, 0.5) is 0 Å². The number of benzene rings is 2. The molecule has 2 heterocycles. The van der Waals surface area contributed by atoms with Gasteiger partial charge < -0.3 is 9.47 Å². The molecular formula is C22H23N3O4. The predicted octanol–water partition coefficient (Wildman–Crippen LogP) is 1.84. The normalized spacial score (nSPS) is 17.3. The number of fused-ring (bicyclic) bond motifs is 1. The van der Waals surface area contributed by atoms with Gasteiger partial charge in [-0.2, -0.15) is 0 Å². The van der Waals surface area contributed by atoms with Gasteiger partial charge >= 0.3 is 5.97 Å². The van der Waals surface area contributed by atoms with Gasteiger partial charge in [-0.1, -0.05) is 42.5 Å². The number of rotatable bonds is 6. The Morgan fingerprint density at radius 3 is 2.79 bits per heavy atom. The van der Waals surface area contributed by atoms with Gasteiger partial charge in [0.05, 0.1) is 23.8 Å². The van der Waals surface area contributed by atoms with E-state index >= 15 is 0 Å². The average molecular weight is 393 g/mol. The molecule has 1 aromatic heterocycles. The minimum absolute atomic E-state index is 0.150. The van der Waals surface area contributed by atoms with E-state index in [2.05, 4.69) is 22.0 Å². The monoisotopic (exact) mass is 393 g/mol. The molecule has 0 radical (unpaired) electrons. The van der Waals surface area contributed by atoms with Crippen LogP contribution in [0.25, 0.3) is 11.0 Å². The van der Waals surface area contributed by atoms with E-state index < -0.39 is 5.97 Å². The van der Waals surface area contributed by atoms with Crippen molar-refractivity contribution in [2.24, 2.45) is 0 Å². The topological polar surface area (TPSA) is 73.7 Å². The summed E-state index contributed by atoms with van der Waals surface area (Å²) >= 11 is 0. The maximum Gasteiger partial charge on any atom is 0.326 e. The van der Waals surface area contributed by atoms with Gasteiger partial charge in [0.25, 0.3) is 5.56 Å². The SMILES string of the molecule is O=C(Cn1c(=O)cnc2ccccc21)OCC1CN(Cc2ccccc2)CCO1. The van der Waals surface area contributed by atoms with Crippen molar-refractivity contribution in [1.82, 2.24) is 14.5 Å². The third kappa shape index (κ3) is 4.88. The number of hydrogen-bond acceptors (Lipinski definition) is 6. The summed E-state index contributed by atoms with van der Waals surface area (Å²) in [6, 6.07) is 17.5. The van der Waals surface area contributed by atoms with Crippen molar-refractivity contribution >= 4 is 17.0 Å². The Bertz CT molecular complexity index is 1030. The average Bonchev–Trinajstić information content (AvgIpc) is 2.75. The van der Waals surface area contributed by atoms with Crippen molar-refractivity contribution in [3.05, 3.63) is 76.7 Å². The smallest absolute Gasteiger partial charge is 0.326 e. The summed E-state index contributed by atoms with van der Waals surface area (Å²) in [5, 5.41) is 0. The van der Waals surface area contributed by atoms with Crippen LogP contribution in [0.15, 0.2) is 65.6 Å². The number of carbonyl (C=O) groups excluding carboxylic acids is 1. The van der Waals surface area contributed by atoms with E-state index in [1.165, 1.54) is 16.3 Å². The molecule has 7 heteroatoms. The third-order valence-electron chi connectivity index (χ3n) is 4.94. The fourth-order valence-electron chi connectivity index (χ4n) is 3.50. The van der Waals surface area contributed by atoms with Crippen LogP contribution in [0.1, 0.15) is 5.56 Å².